The van der Waals surface area contributed by atoms with E-state index >= 15 is 0 Å². The van der Waals surface area contributed by atoms with Crippen LogP contribution in [0.15, 0.2) is 12.4 Å². The van der Waals surface area contributed by atoms with Crippen LogP contribution < -0.4 is 5.32 Å². The number of hydrogen-bond acceptors (Lipinski definition) is 4. The molecular formula is C17H27N3O3. The summed E-state index contributed by atoms with van der Waals surface area (Å²) >= 11 is 0. The standard InChI is InChI=1S/C17H27N3O3/c1-3-20-10-14(9-18-20)16-15(5-4-8-22-16)19-17(21)12(2)23-11-13-6-7-13/h9-10,12-13,15-16H,3-8,11H2,1-2H3,(H,19,21)/t12-,15+,16-/m1/s1. The average Bonchev–Trinajstić information content (AvgIpc) is 3.28. The second kappa shape index (κ2) is 7.45. The van der Waals surface area contributed by atoms with E-state index in [0.29, 0.717) is 12.5 Å². The third kappa shape index (κ3) is 4.32. The largest absolute Gasteiger partial charge is 0.371 e. The molecule has 1 aliphatic heterocycles. The predicted octanol–water partition coefficient (Wildman–Crippen LogP) is 2.05. The Balaban J connectivity index is 1.57. The van der Waals surface area contributed by atoms with Gasteiger partial charge in [0.15, 0.2) is 0 Å². The molecule has 0 spiro atoms. The molecule has 2 heterocycles. The van der Waals surface area contributed by atoms with Gasteiger partial charge in [0.25, 0.3) is 0 Å². The highest BCUT2D eigenvalue weighted by molar-refractivity contribution is 5.80. The van der Waals surface area contributed by atoms with Crippen molar-refractivity contribution in [3.05, 3.63) is 18.0 Å². The van der Waals surface area contributed by atoms with Crippen molar-refractivity contribution in [3.8, 4) is 0 Å². The lowest BCUT2D eigenvalue weighted by molar-refractivity contribution is -0.135. The summed E-state index contributed by atoms with van der Waals surface area (Å²) in [5.41, 5.74) is 1.03. The molecule has 1 saturated heterocycles. The second-order valence-corrected chi connectivity index (χ2v) is 6.60. The maximum Gasteiger partial charge on any atom is 0.249 e. The molecule has 128 valence electrons. The summed E-state index contributed by atoms with van der Waals surface area (Å²) in [5, 5.41) is 7.43. The molecule has 23 heavy (non-hydrogen) atoms. The zero-order chi connectivity index (χ0) is 16.2. The van der Waals surface area contributed by atoms with Crippen molar-refractivity contribution in [1.29, 1.82) is 0 Å². The van der Waals surface area contributed by atoms with Gasteiger partial charge < -0.3 is 14.8 Å². The highest BCUT2D eigenvalue weighted by Crippen LogP contribution is 2.30. The lowest BCUT2D eigenvalue weighted by Gasteiger charge is -2.32. The molecule has 0 bridgehead atoms. The van der Waals surface area contributed by atoms with Crippen molar-refractivity contribution in [2.45, 2.75) is 64.3 Å². The molecular weight excluding hydrogens is 294 g/mol. The number of hydrogen-bond donors (Lipinski definition) is 1. The lowest BCUT2D eigenvalue weighted by Crippen LogP contribution is -2.46. The van der Waals surface area contributed by atoms with Crippen LogP contribution in [-0.4, -0.2) is 41.0 Å². The summed E-state index contributed by atoms with van der Waals surface area (Å²) in [4.78, 5) is 12.4. The Bertz CT molecular complexity index is 527. The Morgan fingerprint density at radius 3 is 3.04 bits per heavy atom. The van der Waals surface area contributed by atoms with Crippen LogP contribution in [0.3, 0.4) is 0 Å². The first kappa shape index (κ1) is 16.5. The van der Waals surface area contributed by atoms with Crippen molar-refractivity contribution < 1.29 is 14.3 Å². The molecule has 1 aliphatic carbocycles. The van der Waals surface area contributed by atoms with E-state index in [1.54, 1.807) is 0 Å². The summed E-state index contributed by atoms with van der Waals surface area (Å²) < 4.78 is 13.5. The van der Waals surface area contributed by atoms with Crippen molar-refractivity contribution in [2.75, 3.05) is 13.2 Å². The van der Waals surface area contributed by atoms with Crippen LogP contribution >= 0.6 is 0 Å². The van der Waals surface area contributed by atoms with Gasteiger partial charge in [-0.25, -0.2) is 0 Å². The van der Waals surface area contributed by atoms with Crippen LogP contribution in [0, 0.1) is 5.92 Å². The second-order valence-electron chi connectivity index (χ2n) is 6.60. The summed E-state index contributed by atoms with van der Waals surface area (Å²) in [5.74, 6) is 0.616. The fourth-order valence-electron chi connectivity index (χ4n) is 2.90. The van der Waals surface area contributed by atoms with E-state index in [2.05, 4.69) is 17.3 Å². The van der Waals surface area contributed by atoms with Crippen LogP contribution in [0.25, 0.3) is 0 Å². The number of amides is 1. The van der Waals surface area contributed by atoms with Gasteiger partial charge in [0.2, 0.25) is 5.91 Å². The highest BCUT2D eigenvalue weighted by Gasteiger charge is 2.31. The third-order valence-electron chi connectivity index (χ3n) is 4.60. The highest BCUT2D eigenvalue weighted by atomic mass is 16.5. The molecule has 1 saturated carbocycles. The molecule has 0 unspecified atom stereocenters. The van der Waals surface area contributed by atoms with Gasteiger partial charge in [0.1, 0.15) is 12.2 Å². The number of aromatic nitrogens is 2. The number of carbonyl (C=O) groups excluding carboxylic acids is 1. The monoisotopic (exact) mass is 321 g/mol. The Morgan fingerprint density at radius 1 is 1.52 bits per heavy atom. The number of nitrogens with zero attached hydrogens (tertiary/aromatic N) is 2. The van der Waals surface area contributed by atoms with Gasteiger partial charge in [0, 0.05) is 24.9 Å². The van der Waals surface area contributed by atoms with Crippen molar-refractivity contribution in [1.82, 2.24) is 15.1 Å². The van der Waals surface area contributed by atoms with E-state index in [1.165, 1.54) is 12.8 Å². The van der Waals surface area contributed by atoms with Gasteiger partial charge in [-0.1, -0.05) is 0 Å². The van der Waals surface area contributed by atoms with E-state index in [-0.39, 0.29) is 18.1 Å². The van der Waals surface area contributed by atoms with E-state index in [4.69, 9.17) is 9.47 Å². The molecule has 0 radical (unpaired) electrons. The molecule has 3 atom stereocenters. The van der Waals surface area contributed by atoms with E-state index < -0.39 is 6.10 Å². The predicted molar refractivity (Wildman–Crippen MR) is 85.9 cm³/mol. The minimum absolute atomic E-state index is 0.0160. The first-order valence-electron chi connectivity index (χ1n) is 8.73. The smallest absolute Gasteiger partial charge is 0.249 e. The zero-order valence-corrected chi connectivity index (χ0v) is 14.0. The molecule has 2 aliphatic rings. The summed E-state index contributed by atoms with van der Waals surface area (Å²) in [6.45, 7) is 6.13. The van der Waals surface area contributed by atoms with Crippen LogP contribution in [0.5, 0.6) is 0 Å². The minimum Gasteiger partial charge on any atom is -0.371 e. The molecule has 1 amide bonds. The van der Waals surface area contributed by atoms with Crippen LogP contribution in [0.2, 0.25) is 0 Å². The topological polar surface area (TPSA) is 65.4 Å². The quantitative estimate of drug-likeness (QED) is 0.835. The molecule has 2 fully saturated rings. The maximum atomic E-state index is 12.4. The first-order valence-corrected chi connectivity index (χ1v) is 8.73. The fourth-order valence-corrected chi connectivity index (χ4v) is 2.90. The Labute approximate surface area is 137 Å². The SMILES string of the molecule is CCn1cc([C@H]2OCCC[C@@H]2NC(=O)[C@@H](C)OCC2CC2)cn1. The average molecular weight is 321 g/mol. The molecule has 6 nitrogen and oxygen atoms in total. The minimum atomic E-state index is -0.406. The van der Waals surface area contributed by atoms with Crippen LogP contribution in [0.4, 0.5) is 0 Å². The fraction of sp³-hybridized carbons (Fsp3) is 0.765. The zero-order valence-electron chi connectivity index (χ0n) is 14.0. The number of aryl methyl sites for hydroxylation is 1. The van der Waals surface area contributed by atoms with Gasteiger partial charge in [0.05, 0.1) is 18.8 Å². The first-order chi connectivity index (χ1) is 11.2. The number of rotatable bonds is 7. The van der Waals surface area contributed by atoms with E-state index in [0.717, 1.165) is 31.6 Å². The Kier molecular flexibility index (Phi) is 5.33. The third-order valence-corrected chi connectivity index (χ3v) is 4.60. The molecule has 1 aromatic rings. The molecule has 1 aromatic heterocycles. The summed E-state index contributed by atoms with van der Waals surface area (Å²) in [6, 6.07) is -0.0160. The van der Waals surface area contributed by atoms with Gasteiger partial charge in [-0.3, -0.25) is 9.48 Å². The number of ether oxygens (including phenoxy) is 2. The van der Waals surface area contributed by atoms with Crippen molar-refractivity contribution in [2.24, 2.45) is 5.92 Å². The van der Waals surface area contributed by atoms with Gasteiger partial charge in [-0.2, -0.15) is 5.10 Å². The molecule has 3 rings (SSSR count). The van der Waals surface area contributed by atoms with E-state index in [9.17, 15) is 4.79 Å². The summed E-state index contributed by atoms with van der Waals surface area (Å²) in [7, 11) is 0. The lowest BCUT2D eigenvalue weighted by atomic mass is 9.98. The molecule has 0 aromatic carbocycles. The van der Waals surface area contributed by atoms with E-state index in [1.807, 2.05) is 24.0 Å². The van der Waals surface area contributed by atoms with Crippen molar-refractivity contribution in [3.63, 3.8) is 0 Å². The molecule has 1 N–H and O–H groups in total. The van der Waals surface area contributed by atoms with Crippen LogP contribution in [-0.2, 0) is 20.8 Å². The Hall–Kier alpha value is -1.40. The maximum absolute atomic E-state index is 12.4. The number of carbonyl (C=O) groups is 1. The van der Waals surface area contributed by atoms with Gasteiger partial charge >= 0.3 is 0 Å². The van der Waals surface area contributed by atoms with Gasteiger partial charge in [-0.05, 0) is 45.4 Å². The van der Waals surface area contributed by atoms with Gasteiger partial charge in [-0.15, -0.1) is 0 Å². The molecule has 6 heteroatoms. The van der Waals surface area contributed by atoms with Crippen molar-refractivity contribution >= 4 is 5.91 Å². The Morgan fingerprint density at radius 2 is 2.35 bits per heavy atom. The summed E-state index contributed by atoms with van der Waals surface area (Å²) in [6.07, 6.45) is 7.65. The number of nitrogens with one attached hydrogen (secondary N) is 1. The van der Waals surface area contributed by atoms with Crippen LogP contribution in [0.1, 0.15) is 51.2 Å². The normalized spacial score (nSPS) is 26.0.